The van der Waals surface area contributed by atoms with Gasteiger partial charge in [0.05, 0.1) is 6.61 Å². The molecule has 0 radical (unpaired) electrons. The van der Waals surface area contributed by atoms with Crippen molar-refractivity contribution in [1.82, 2.24) is 0 Å². The van der Waals surface area contributed by atoms with Crippen LogP contribution in [0.4, 0.5) is 0 Å². The maximum Gasteiger partial charge on any atom is 0.527 e. The summed E-state index contributed by atoms with van der Waals surface area (Å²) in [6.07, 6.45) is -4.63. The van der Waals surface area contributed by atoms with E-state index in [9.17, 15) is 14.2 Å². The van der Waals surface area contributed by atoms with Gasteiger partial charge < -0.3 is 40.0 Å². The van der Waals surface area contributed by atoms with Crippen molar-refractivity contribution in [2.24, 2.45) is 0 Å². The average molecular weight is 400 g/mol. The number of para-hydroxylation sites is 1. The maximum absolute atomic E-state index is 9.86. The Balaban J connectivity index is 0. The van der Waals surface area contributed by atoms with E-state index in [1.165, 1.54) is 0 Å². The van der Waals surface area contributed by atoms with Crippen LogP contribution in [-0.4, -0.2) is 84.2 Å². The van der Waals surface area contributed by atoms with Gasteiger partial charge in [-0.2, -0.15) is 0 Å². The predicted molar refractivity (Wildman–Crippen MR) is 84.5 cm³/mol. The van der Waals surface area contributed by atoms with E-state index in [-0.39, 0.29) is 6.29 Å². The molecule has 26 heavy (non-hydrogen) atoms. The summed E-state index contributed by atoms with van der Waals surface area (Å²) in [4.78, 5) is 35.4. The van der Waals surface area contributed by atoms with Gasteiger partial charge in [0.2, 0.25) is 0 Å². The molecule has 0 saturated heterocycles. The molecule has 3 atom stereocenters. The number of carbonyl (C=O) groups excluding carboxylic acids is 2. The van der Waals surface area contributed by atoms with E-state index in [0.717, 1.165) is 0 Å². The minimum atomic E-state index is -4.75. The second-order valence-corrected chi connectivity index (χ2v) is 5.48. The lowest BCUT2D eigenvalue weighted by Gasteiger charge is -2.16. The number of phenols is 1. The van der Waals surface area contributed by atoms with Crippen molar-refractivity contribution in [3.8, 4) is 5.75 Å². The zero-order valence-electron chi connectivity index (χ0n) is 13.3. The van der Waals surface area contributed by atoms with Crippen molar-refractivity contribution in [3.63, 3.8) is 0 Å². The number of aliphatic hydroxyl groups is 5. The maximum atomic E-state index is 9.86. The molecule has 12 nitrogen and oxygen atoms in total. The van der Waals surface area contributed by atoms with Crippen LogP contribution in [0.1, 0.15) is 0 Å². The third-order valence-electron chi connectivity index (χ3n) is 2.18. The first-order valence-corrected chi connectivity index (χ1v) is 8.24. The number of aromatic hydroxyl groups is 1. The van der Waals surface area contributed by atoms with Gasteiger partial charge in [0.15, 0.2) is 6.29 Å². The van der Waals surface area contributed by atoms with Gasteiger partial charge in [-0.25, -0.2) is 9.36 Å². The number of hydrogen-bond donors (Lipinski definition) is 8. The third kappa shape index (κ3) is 15.6. The zero-order valence-corrected chi connectivity index (χ0v) is 14.2. The third-order valence-corrected chi connectivity index (χ3v) is 2.62. The van der Waals surface area contributed by atoms with E-state index >= 15 is 0 Å². The van der Waals surface area contributed by atoms with Crippen molar-refractivity contribution in [1.29, 1.82) is 0 Å². The smallest absolute Gasteiger partial charge is 0.508 e. The van der Waals surface area contributed by atoms with E-state index < -0.39 is 45.3 Å². The van der Waals surface area contributed by atoms with E-state index in [4.69, 9.17) is 40.4 Å². The number of phenolic OH excluding ortho intramolecular Hbond substituents is 1. The molecule has 0 fully saturated rings. The molecule has 8 N–H and O–H groups in total. The number of aliphatic hydroxyl groups excluding tert-OH is 5. The lowest BCUT2D eigenvalue weighted by atomic mass is 10.1. The molecule has 0 aliphatic carbocycles. The molecule has 0 bridgehead atoms. The average Bonchev–Trinajstić information content (AvgIpc) is 2.59. The fraction of sp³-hybridized carbons (Fsp3) is 0.385. The highest BCUT2D eigenvalue weighted by Gasteiger charge is 2.22. The van der Waals surface area contributed by atoms with Crippen LogP contribution in [0.15, 0.2) is 30.3 Å². The monoisotopic (exact) mass is 400 g/mol. The number of phosphoric acid groups is 1. The molecule has 150 valence electrons. The number of hydrogen-bond acceptors (Lipinski definition) is 10. The van der Waals surface area contributed by atoms with Gasteiger partial charge >= 0.3 is 13.8 Å². The molecule has 0 amide bonds. The Labute approximate surface area is 147 Å². The van der Waals surface area contributed by atoms with Crippen molar-refractivity contribution in [2.45, 2.75) is 18.3 Å². The summed E-state index contributed by atoms with van der Waals surface area (Å²) in [5.74, 6) is -1.02. The number of phosphoric ester groups is 1. The molecule has 0 unspecified atom stereocenters. The Morgan fingerprint density at radius 1 is 1.12 bits per heavy atom. The first kappa shape index (κ1) is 26.3. The van der Waals surface area contributed by atoms with E-state index in [0.29, 0.717) is 5.75 Å². The summed E-state index contributed by atoms with van der Waals surface area (Å²) in [7, 11) is -4.75. The molecule has 0 heterocycles. The van der Waals surface area contributed by atoms with E-state index in [1.54, 1.807) is 24.3 Å². The van der Waals surface area contributed by atoms with Crippen LogP contribution < -0.4 is 0 Å². The van der Waals surface area contributed by atoms with Crippen molar-refractivity contribution < 1.29 is 59.1 Å². The van der Waals surface area contributed by atoms with Crippen LogP contribution in [0.5, 0.6) is 5.75 Å². The van der Waals surface area contributed by atoms with Crippen LogP contribution in [-0.2, 0) is 18.7 Å². The first-order chi connectivity index (χ1) is 12.0. The molecular weight excluding hydrogens is 379 g/mol. The lowest BCUT2D eigenvalue weighted by Crippen LogP contribution is -2.40. The highest BCUT2D eigenvalue weighted by molar-refractivity contribution is 7.46. The summed E-state index contributed by atoms with van der Waals surface area (Å²) >= 11 is 0. The Morgan fingerprint density at radius 3 is 1.85 bits per heavy atom. The predicted octanol–water partition coefficient (Wildman–Crippen LogP) is -2.73. The topological polar surface area (TPSA) is 222 Å². The summed E-state index contributed by atoms with van der Waals surface area (Å²) < 4.78 is 13.1. The molecule has 0 saturated carbocycles. The lowest BCUT2D eigenvalue weighted by molar-refractivity contribution is -0.138. The molecule has 1 aromatic carbocycles. The normalized spacial score (nSPS) is 13.7. The zero-order chi connectivity index (χ0) is 20.8. The van der Waals surface area contributed by atoms with Gasteiger partial charge in [-0.05, 0) is 12.1 Å². The second-order valence-electron chi connectivity index (χ2n) is 4.31. The molecule has 1 aromatic rings. The minimum absolute atomic E-state index is 0.0869. The molecule has 0 aromatic heterocycles. The number of aldehydes is 1. The Kier molecular flexibility index (Phi) is 14.5. The van der Waals surface area contributed by atoms with Crippen LogP contribution in [0.3, 0.4) is 0 Å². The Bertz CT molecular complexity index is 545. The molecule has 1 rings (SSSR count). The number of benzene rings is 1. The van der Waals surface area contributed by atoms with Gasteiger partial charge in [0.1, 0.15) is 30.7 Å². The van der Waals surface area contributed by atoms with E-state index in [1.807, 2.05) is 6.07 Å². The fourth-order valence-electron chi connectivity index (χ4n) is 1.01. The Hall–Kier alpha value is -1.89. The quantitative estimate of drug-likeness (QED) is 0.180. The molecule has 13 heteroatoms. The van der Waals surface area contributed by atoms with Crippen LogP contribution >= 0.6 is 7.82 Å². The molecule has 0 aliphatic rings. The standard InChI is InChI=1S/C6H6O.C5H10O5.C2H5O6P/c7-6-4-2-1-3-5-6;6-1-3(8)5(10)4(9)2-7;3-1-2(4)8-9(5,6)7/h1-5,7H;1,3-5,7-10H,2H2;3H,1H2,(H2,5,6,7)/t;3-,4-,5+;/m.1./s1. The highest BCUT2D eigenvalue weighted by Crippen LogP contribution is 2.35. The van der Waals surface area contributed by atoms with Gasteiger partial charge in [-0.1, -0.05) is 18.2 Å². The van der Waals surface area contributed by atoms with Crippen molar-refractivity contribution >= 4 is 20.1 Å². The van der Waals surface area contributed by atoms with Gasteiger partial charge in [-0.15, -0.1) is 0 Å². The van der Waals surface area contributed by atoms with Gasteiger partial charge in [0, 0.05) is 0 Å². The minimum Gasteiger partial charge on any atom is -0.508 e. The van der Waals surface area contributed by atoms with Crippen LogP contribution in [0.2, 0.25) is 0 Å². The SMILES string of the molecule is O=C(CO)OP(=O)(O)O.O=C[C@@H](O)[C@H](O)[C@H](O)CO.Oc1ccccc1. The first-order valence-electron chi connectivity index (χ1n) is 6.71. The molecule has 0 spiro atoms. The summed E-state index contributed by atoms with van der Waals surface area (Å²) in [5.41, 5.74) is 0. The summed E-state index contributed by atoms with van der Waals surface area (Å²) in [6, 6.07) is 8.71. The molecular formula is C13H21O12P. The van der Waals surface area contributed by atoms with Crippen molar-refractivity contribution in [3.05, 3.63) is 30.3 Å². The summed E-state index contributed by atoms with van der Waals surface area (Å²) in [6.45, 7) is -1.73. The molecule has 0 aliphatic heterocycles. The van der Waals surface area contributed by atoms with Crippen LogP contribution in [0.25, 0.3) is 0 Å². The number of rotatable bonds is 6. The largest absolute Gasteiger partial charge is 0.527 e. The fourth-order valence-corrected chi connectivity index (χ4v) is 1.33. The van der Waals surface area contributed by atoms with Crippen molar-refractivity contribution in [2.75, 3.05) is 13.2 Å². The van der Waals surface area contributed by atoms with Gasteiger partial charge in [-0.3, -0.25) is 9.79 Å². The summed E-state index contributed by atoms with van der Waals surface area (Å²) in [5, 5.41) is 50.6. The van der Waals surface area contributed by atoms with Gasteiger partial charge in [0.25, 0.3) is 0 Å². The number of carbonyl (C=O) groups is 2. The second kappa shape index (κ2) is 14.3. The van der Waals surface area contributed by atoms with E-state index in [2.05, 4.69) is 4.52 Å². The van der Waals surface area contributed by atoms with Crippen LogP contribution in [0, 0.1) is 0 Å². The Morgan fingerprint density at radius 2 is 1.62 bits per heavy atom. The highest BCUT2D eigenvalue weighted by atomic mass is 31.2.